The number of rotatable bonds is 9. The van der Waals surface area contributed by atoms with E-state index in [1.807, 2.05) is 55.5 Å². The van der Waals surface area contributed by atoms with Gasteiger partial charge in [-0.25, -0.2) is 9.97 Å². The monoisotopic (exact) mass is 430 g/mol. The Hall–Kier alpha value is -4.13. The average Bonchev–Trinajstić information content (AvgIpc) is 3.22. The molecule has 0 spiro atoms. The van der Waals surface area contributed by atoms with Crippen molar-refractivity contribution in [2.75, 3.05) is 7.11 Å². The van der Waals surface area contributed by atoms with Gasteiger partial charge in [0.2, 0.25) is 11.8 Å². The van der Waals surface area contributed by atoms with Crippen LogP contribution in [0.4, 0.5) is 0 Å². The zero-order valence-electron chi connectivity index (χ0n) is 17.8. The maximum atomic E-state index is 11.1. The van der Waals surface area contributed by atoms with E-state index in [4.69, 9.17) is 18.6 Å². The van der Waals surface area contributed by atoms with E-state index >= 15 is 0 Å². The van der Waals surface area contributed by atoms with Crippen LogP contribution >= 0.6 is 0 Å². The lowest BCUT2D eigenvalue weighted by Gasteiger charge is -2.12. The first kappa shape index (κ1) is 21.1. The predicted octanol–water partition coefficient (Wildman–Crippen LogP) is 5.02. The second kappa shape index (κ2) is 9.78. The van der Waals surface area contributed by atoms with Crippen LogP contribution in [0.2, 0.25) is 0 Å². The molecular formula is C25H22N2O5. The zero-order valence-corrected chi connectivity index (χ0v) is 17.8. The minimum absolute atomic E-state index is 0.233. The molecule has 162 valence electrons. The summed E-state index contributed by atoms with van der Waals surface area (Å²) in [6, 6.07) is 18.6. The molecule has 0 fully saturated rings. The molecule has 2 aromatic heterocycles. The third-order valence-corrected chi connectivity index (χ3v) is 4.81. The molecule has 0 unspecified atom stereocenters. The van der Waals surface area contributed by atoms with Gasteiger partial charge in [0.25, 0.3) is 0 Å². The summed E-state index contributed by atoms with van der Waals surface area (Å²) in [5.41, 5.74) is 2.88. The fourth-order valence-corrected chi connectivity index (χ4v) is 3.10. The highest BCUT2D eigenvalue weighted by molar-refractivity contribution is 5.77. The van der Waals surface area contributed by atoms with Gasteiger partial charge in [-0.05, 0) is 48.9 Å². The number of aryl methyl sites for hydroxylation is 1. The molecule has 0 aliphatic rings. The number of carbonyl (C=O) groups excluding carboxylic acids is 1. The van der Waals surface area contributed by atoms with Crippen molar-refractivity contribution in [3.05, 3.63) is 89.4 Å². The van der Waals surface area contributed by atoms with Gasteiger partial charge in [-0.15, -0.1) is 0 Å². The Balaban J connectivity index is 1.43. The number of methoxy groups -OCH3 is 1. The first-order valence-electron chi connectivity index (χ1n) is 10.0. The summed E-state index contributed by atoms with van der Waals surface area (Å²) < 4.78 is 22.9. The van der Waals surface area contributed by atoms with Gasteiger partial charge in [0.1, 0.15) is 24.7 Å². The van der Waals surface area contributed by atoms with Gasteiger partial charge in [-0.1, -0.05) is 24.3 Å². The highest BCUT2D eigenvalue weighted by Crippen LogP contribution is 2.30. The Morgan fingerprint density at radius 1 is 0.969 bits per heavy atom. The summed E-state index contributed by atoms with van der Waals surface area (Å²) >= 11 is 0. The van der Waals surface area contributed by atoms with Gasteiger partial charge in [0, 0.05) is 11.8 Å². The van der Waals surface area contributed by atoms with Gasteiger partial charge in [0.15, 0.2) is 17.8 Å². The molecule has 32 heavy (non-hydrogen) atoms. The van der Waals surface area contributed by atoms with Crippen molar-refractivity contribution in [1.82, 2.24) is 9.97 Å². The first-order valence-corrected chi connectivity index (χ1v) is 10.0. The largest absolute Gasteiger partial charge is 0.493 e. The van der Waals surface area contributed by atoms with E-state index < -0.39 is 0 Å². The summed E-state index contributed by atoms with van der Waals surface area (Å²) in [5, 5.41) is 0. The van der Waals surface area contributed by atoms with Crippen LogP contribution in [-0.4, -0.2) is 23.4 Å². The minimum atomic E-state index is 0.233. The van der Waals surface area contributed by atoms with Crippen LogP contribution < -0.4 is 14.2 Å². The lowest BCUT2D eigenvalue weighted by atomic mass is 10.2. The van der Waals surface area contributed by atoms with Gasteiger partial charge in [0.05, 0.1) is 12.7 Å². The van der Waals surface area contributed by atoms with Crippen LogP contribution in [0.5, 0.6) is 17.4 Å². The second-order valence-corrected chi connectivity index (χ2v) is 6.97. The number of hydrogen-bond donors (Lipinski definition) is 0. The predicted molar refractivity (Wildman–Crippen MR) is 118 cm³/mol. The zero-order chi connectivity index (χ0) is 22.3. The Labute approximate surface area is 185 Å². The quantitative estimate of drug-likeness (QED) is 0.345. The van der Waals surface area contributed by atoms with Crippen LogP contribution in [0.3, 0.4) is 0 Å². The van der Waals surface area contributed by atoms with Crippen LogP contribution in [0, 0.1) is 6.92 Å². The molecule has 0 saturated carbocycles. The first-order chi connectivity index (χ1) is 15.7. The van der Waals surface area contributed by atoms with Crippen molar-refractivity contribution in [2.45, 2.75) is 20.1 Å². The van der Waals surface area contributed by atoms with Crippen LogP contribution in [-0.2, 0) is 13.2 Å². The fraction of sp³-hybridized carbons (Fsp3) is 0.160. The Bertz CT molecular complexity index is 1200. The SMILES string of the molecule is COc1cc(COc2ncccc2C=O)ccc1OCc1nc(-c2ccccc2)oc1C. The maximum absolute atomic E-state index is 11.1. The smallest absolute Gasteiger partial charge is 0.226 e. The average molecular weight is 430 g/mol. The molecule has 7 heteroatoms. The third kappa shape index (κ3) is 4.78. The molecule has 4 aromatic rings. The number of ether oxygens (including phenoxy) is 3. The van der Waals surface area contributed by atoms with Crippen molar-refractivity contribution in [3.63, 3.8) is 0 Å². The molecule has 0 N–H and O–H groups in total. The standard InChI is InChI=1S/C25H22N2O5/c1-17-21(27-25(32-17)19-7-4-3-5-8-19)16-30-22-11-10-18(13-23(22)29-2)15-31-24-20(14-28)9-6-12-26-24/h3-14H,15-16H2,1-2H3. The number of hydrogen-bond acceptors (Lipinski definition) is 7. The number of pyridine rings is 1. The molecule has 2 heterocycles. The minimum Gasteiger partial charge on any atom is -0.493 e. The van der Waals surface area contributed by atoms with Gasteiger partial charge < -0.3 is 18.6 Å². The fourth-order valence-electron chi connectivity index (χ4n) is 3.10. The Morgan fingerprint density at radius 3 is 2.59 bits per heavy atom. The van der Waals surface area contributed by atoms with E-state index in [2.05, 4.69) is 9.97 Å². The molecule has 0 saturated heterocycles. The summed E-state index contributed by atoms with van der Waals surface area (Å²) in [4.78, 5) is 19.8. The molecule has 0 atom stereocenters. The second-order valence-electron chi connectivity index (χ2n) is 6.97. The number of benzene rings is 2. The van der Waals surface area contributed by atoms with Crippen molar-refractivity contribution < 1.29 is 23.4 Å². The van der Waals surface area contributed by atoms with Crippen molar-refractivity contribution in [3.8, 4) is 28.8 Å². The summed E-state index contributed by atoms with van der Waals surface area (Å²) in [7, 11) is 1.57. The number of nitrogens with zero attached hydrogens (tertiary/aromatic N) is 2. The molecule has 0 amide bonds. The van der Waals surface area contributed by atoms with Crippen molar-refractivity contribution in [2.24, 2.45) is 0 Å². The topological polar surface area (TPSA) is 83.7 Å². The highest BCUT2D eigenvalue weighted by atomic mass is 16.5. The van der Waals surface area contributed by atoms with Crippen molar-refractivity contribution in [1.29, 1.82) is 0 Å². The molecular weight excluding hydrogens is 408 g/mol. The molecule has 2 aromatic carbocycles. The maximum Gasteiger partial charge on any atom is 0.226 e. The van der Waals surface area contributed by atoms with Crippen LogP contribution in [0.25, 0.3) is 11.5 Å². The molecule has 7 nitrogen and oxygen atoms in total. The molecule has 4 rings (SSSR count). The van der Waals surface area contributed by atoms with Gasteiger partial charge >= 0.3 is 0 Å². The number of carbonyl (C=O) groups is 1. The van der Waals surface area contributed by atoms with Gasteiger partial charge in [-0.3, -0.25) is 4.79 Å². The summed E-state index contributed by atoms with van der Waals surface area (Å²) in [6.45, 7) is 2.34. The van der Waals surface area contributed by atoms with E-state index in [0.717, 1.165) is 23.1 Å². The summed E-state index contributed by atoms with van der Waals surface area (Å²) in [6.07, 6.45) is 2.30. The van der Waals surface area contributed by atoms with Crippen molar-refractivity contribution >= 4 is 6.29 Å². The number of aromatic nitrogens is 2. The van der Waals surface area contributed by atoms with Gasteiger partial charge in [-0.2, -0.15) is 0 Å². The lowest BCUT2D eigenvalue weighted by Crippen LogP contribution is -2.02. The van der Waals surface area contributed by atoms with E-state index in [-0.39, 0.29) is 19.1 Å². The van der Waals surface area contributed by atoms with E-state index in [1.54, 1.807) is 25.4 Å². The molecule has 0 bridgehead atoms. The van der Waals surface area contributed by atoms with Crippen LogP contribution in [0.15, 0.2) is 71.3 Å². The van der Waals surface area contributed by atoms with Crippen LogP contribution in [0.1, 0.15) is 27.4 Å². The number of aldehydes is 1. The Kier molecular flexibility index (Phi) is 6.46. The molecule has 0 radical (unpaired) electrons. The summed E-state index contributed by atoms with van der Waals surface area (Å²) in [5.74, 6) is 2.69. The van der Waals surface area contributed by atoms with E-state index in [1.165, 1.54) is 0 Å². The third-order valence-electron chi connectivity index (χ3n) is 4.81. The lowest BCUT2D eigenvalue weighted by molar-refractivity contribution is 0.111. The number of oxazole rings is 1. The normalized spacial score (nSPS) is 10.6. The molecule has 0 aliphatic carbocycles. The van der Waals surface area contributed by atoms with E-state index in [0.29, 0.717) is 28.7 Å². The van der Waals surface area contributed by atoms with E-state index in [9.17, 15) is 4.79 Å². The highest BCUT2D eigenvalue weighted by Gasteiger charge is 2.14. The molecule has 0 aliphatic heterocycles. The Morgan fingerprint density at radius 2 is 1.81 bits per heavy atom.